The molecule has 1 aliphatic rings. The number of benzene rings is 1. The van der Waals surface area contributed by atoms with E-state index in [0.29, 0.717) is 6.54 Å². The lowest BCUT2D eigenvalue weighted by atomic mass is 10.1. The van der Waals surface area contributed by atoms with Crippen LogP contribution in [0.5, 0.6) is 0 Å². The molecule has 2 rings (SSSR count). The zero-order valence-electron chi connectivity index (χ0n) is 5.92. The van der Waals surface area contributed by atoms with Gasteiger partial charge in [-0.05, 0) is 23.0 Å². The lowest BCUT2D eigenvalue weighted by Crippen LogP contribution is -2.12. The second-order valence-electron chi connectivity index (χ2n) is 2.60. The van der Waals surface area contributed by atoms with Gasteiger partial charge in [-0.25, -0.2) is 0 Å². The molecule has 56 valence electrons. The van der Waals surface area contributed by atoms with Crippen LogP contribution in [0.4, 0.5) is 0 Å². The van der Waals surface area contributed by atoms with Crippen molar-refractivity contribution in [3.63, 3.8) is 0 Å². The molecule has 1 amide bonds. The first-order valence-electron chi connectivity index (χ1n) is 3.44. The molecule has 0 aliphatic carbocycles. The molecule has 0 fully saturated rings. The fourth-order valence-electron chi connectivity index (χ4n) is 1.25. The number of fused-ring (bicyclic) bond motifs is 1. The van der Waals surface area contributed by atoms with Crippen LogP contribution in [-0.4, -0.2) is 5.91 Å². The van der Waals surface area contributed by atoms with Crippen molar-refractivity contribution in [2.45, 2.75) is 6.54 Å². The largest absolute Gasteiger partial charge is 0.348 e. The van der Waals surface area contributed by atoms with Crippen molar-refractivity contribution in [1.29, 1.82) is 0 Å². The summed E-state index contributed by atoms with van der Waals surface area (Å²) in [5.41, 5.74) is 1.92. The Bertz CT molecular complexity index is 322. The van der Waals surface area contributed by atoms with E-state index in [9.17, 15) is 4.79 Å². The smallest absolute Gasteiger partial charge is 0.251 e. The van der Waals surface area contributed by atoms with Crippen molar-refractivity contribution in [1.82, 2.24) is 5.32 Å². The lowest BCUT2D eigenvalue weighted by molar-refractivity contribution is 0.0966. The molecule has 11 heavy (non-hydrogen) atoms. The Labute approximate surface area is 67.2 Å². The average Bonchev–Trinajstić information content (AvgIpc) is 2.32. The molecule has 2 nitrogen and oxygen atoms in total. The quantitative estimate of drug-likeness (QED) is 0.555. The van der Waals surface area contributed by atoms with Crippen molar-refractivity contribution < 1.29 is 4.79 Å². The first kappa shape index (κ1) is 6.81. The molecule has 0 bridgehead atoms. The Hall–Kier alpha value is -0.880. The molecule has 1 aliphatic heterocycles. The predicted molar refractivity (Wildman–Crippen MR) is 47.0 cm³/mol. The van der Waals surface area contributed by atoms with Crippen molar-refractivity contribution in [2.24, 2.45) is 0 Å². The highest BCUT2D eigenvalue weighted by atomic mass is 31.0. The van der Waals surface area contributed by atoms with E-state index in [1.165, 1.54) is 0 Å². The maximum Gasteiger partial charge on any atom is 0.251 e. The van der Waals surface area contributed by atoms with E-state index < -0.39 is 0 Å². The normalized spacial score (nSPS) is 14.5. The van der Waals surface area contributed by atoms with Crippen LogP contribution in [0, 0.1) is 0 Å². The first-order valence-corrected chi connectivity index (χ1v) is 4.02. The van der Waals surface area contributed by atoms with Crippen molar-refractivity contribution in [2.75, 3.05) is 0 Å². The number of rotatable bonds is 0. The molecule has 1 aromatic carbocycles. The molecule has 1 aromatic rings. The maximum atomic E-state index is 11.1. The first-order chi connectivity index (χ1) is 5.27. The summed E-state index contributed by atoms with van der Waals surface area (Å²) in [6.07, 6.45) is 0. The topological polar surface area (TPSA) is 29.1 Å². The number of carbonyl (C=O) groups excluding carboxylic acids is 1. The van der Waals surface area contributed by atoms with E-state index in [0.717, 1.165) is 16.4 Å². The van der Waals surface area contributed by atoms with Gasteiger partial charge >= 0.3 is 0 Å². The van der Waals surface area contributed by atoms with Gasteiger partial charge < -0.3 is 5.32 Å². The van der Waals surface area contributed by atoms with Gasteiger partial charge in [-0.3, -0.25) is 4.79 Å². The molecule has 1 N–H and O–H groups in total. The Morgan fingerprint density at radius 3 is 3.09 bits per heavy atom. The van der Waals surface area contributed by atoms with Crippen LogP contribution in [0.1, 0.15) is 15.9 Å². The van der Waals surface area contributed by atoms with E-state index in [1.54, 1.807) is 0 Å². The third kappa shape index (κ3) is 1.04. The van der Waals surface area contributed by atoms with E-state index in [-0.39, 0.29) is 5.91 Å². The van der Waals surface area contributed by atoms with Crippen LogP contribution in [0.25, 0.3) is 0 Å². The van der Waals surface area contributed by atoms with Crippen molar-refractivity contribution in [3.8, 4) is 0 Å². The summed E-state index contributed by atoms with van der Waals surface area (Å²) in [6.45, 7) is 0.677. The second-order valence-corrected chi connectivity index (χ2v) is 3.27. The van der Waals surface area contributed by atoms with Gasteiger partial charge in [-0.1, -0.05) is 6.07 Å². The zero-order valence-corrected chi connectivity index (χ0v) is 7.08. The van der Waals surface area contributed by atoms with Gasteiger partial charge in [0.25, 0.3) is 5.91 Å². The van der Waals surface area contributed by atoms with Gasteiger partial charge in [0.1, 0.15) is 0 Å². The van der Waals surface area contributed by atoms with Crippen LogP contribution in [0.2, 0.25) is 0 Å². The number of carbonyl (C=O) groups is 1. The maximum absolute atomic E-state index is 11.1. The van der Waals surface area contributed by atoms with Gasteiger partial charge in [0, 0.05) is 12.1 Å². The Kier molecular flexibility index (Phi) is 1.43. The number of amides is 1. The summed E-state index contributed by atoms with van der Waals surface area (Å²) in [6, 6.07) is 5.80. The van der Waals surface area contributed by atoms with Crippen LogP contribution in [-0.2, 0) is 6.54 Å². The Morgan fingerprint density at radius 2 is 2.27 bits per heavy atom. The number of hydrogen-bond donors (Lipinski definition) is 1. The molecule has 1 heterocycles. The molecule has 0 aromatic heterocycles. The standard InChI is InChI=1S/C8H8NOP/c10-8-7-2-1-6(11)3-5(7)4-9-8/h1-3H,4,11H2,(H,9,10). The minimum Gasteiger partial charge on any atom is -0.348 e. The predicted octanol–water partition coefficient (Wildman–Crippen LogP) is 0.430. The zero-order chi connectivity index (χ0) is 7.84. The van der Waals surface area contributed by atoms with Crippen LogP contribution < -0.4 is 10.6 Å². The fraction of sp³-hybridized carbons (Fsp3) is 0.125. The van der Waals surface area contributed by atoms with Gasteiger partial charge in [-0.15, -0.1) is 9.24 Å². The lowest BCUT2D eigenvalue weighted by Gasteiger charge is -1.95. The SMILES string of the molecule is O=C1NCc2cc(P)ccc21. The van der Waals surface area contributed by atoms with Crippen LogP contribution >= 0.6 is 9.24 Å². The second kappa shape index (κ2) is 2.31. The van der Waals surface area contributed by atoms with Gasteiger partial charge in [0.2, 0.25) is 0 Å². The van der Waals surface area contributed by atoms with Crippen molar-refractivity contribution >= 4 is 20.5 Å². The molecule has 0 saturated heterocycles. The highest BCUT2D eigenvalue weighted by molar-refractivity contribution is 7.27. The minimum atomic E-state index is 0.0463. The molecule has 0 spiro atoms. The Balaban J connectivity index is 2.59. The summed E-state index contributed by atoms with van der Waals surface area (Å²) < 4.78 is 0. The van der Waals surface area contributed by atoms with E-state index in [1.807, 2.05) is 18.2 Å². The summed E-state index contributed by atoms with van der Waals surface area (Å²) >= 11 is 0. The average molecular weight is 165 g/mol. The summed E-state index contributed by atoms with van der Waals surface area (Å²) in [4.78, 5) is 11.1. The molecule has 0 radical (unpaired) electrons. The molecular formula is C8H8NOP. The summed E-state index contributed by atoms with van der Waals surface area (Å²) in [5, 5.41) is 3.89. The highest BCUT2D eigenvalue weighted by Crippen LogP contribution is 2.13. The van der Waals surface area contributed by atoms with Crippen LogP contribution in [0.15, 0.2) is 18.2 Å². The van der Waals surface area contributed by atoms with Gasteiger partial charge in [-0.2, -0.15) is 0 Å². The Morgan fingerprint density at radius 1 is 1.45 bits per heavy atom. The monoisotopic (exact) mass is 165 g/mol. The van der Waals surface area contributed by atoms with E-state index in [2.05, 4.69) is 14.6 Å². The number of hydrogen-bond acceptors (Lipinski definition) is 1. The minimum absolute atomic E-state index is 0.0463. The molecular weight excluding hydrogens is 157 g/mol. The van der Waals surface area contributed by atoms with Gasteiger partial charge in [0.15, 0.2) is 0 Å². The molecule has 3 heteroatoms. The third-order valence-corrected chi connectivity index (χ3v) is 2.17. The van der Waals surface area contributed by atoms with Gasteiger partial charge in [0.05, 0.1) is 0 Å². The summed E-state index contributed by atoms with van der Waals surface area (Å²) in [7, 11) is 2.62. The highest BCUT2D eigenvalue weighted by Gasteiger charge is 2.17. The molecule has 1 atom stereocenters. The third-order valence-electron chi connectivity index (χ3n) is 1.81. The molecule has 1 unspecified atom stereocenters. The van der Waals surface area contributed by atoms with E-state index >= 15 is 0 Å². The van der Waals surface area contributed by atoms with Crippen LogP contribution in [0.3, 0.4) is 0 Å². The van der Waals surface area contributed by atoms with E-state index in [4.69, 9.17) is 0 Å². The molecule has 0 saturated carbocycles. The fourth-order valence-corrected chi connectivity index (χ4v) is 1.55. The summed E-state index contributed by atoms with van der Waals surface area (Å²) in [5.74, 6) is 0.0463. The van der Waals surface area contributed by atoms with Crippen molar-refractivity contribution in [3.05, 3.63) is 29.3 Å². The number of nitrogens with one attached hydrogen (secondary N) is 1.